The van der Waals surface area contributed by atoms with Crippen LogP contribution < -0.4 is 20.7 Å². The third-order valence-corrected chi connectivity index (χ3v) is 3.65. The summed E-state index contributed by atoms with van der Waals surface area (Å²) in [7, 11) is 1.54. The second-order valence-electron chi connectivity index (χ2n) is 5.46. The molecule has 0 heterocycles. The summed E-state index contributed by atoms with van der Waals surface area (Å²) in [5.74, 6) is 0.180. The molecule has 2 aromatic carbocycles. The van der Waals surface area contributed by atoms with Gasteiger partial charge in [0.1, 0.15) is 11.8 Å². The minimum atomic E-state index is -0.530. The molecular formula is C18H20ClN3O3. The van der Waals surface area contributed by atoms with Crippen LogP contribution in [0.25, 0.3) is 0 Å². The Labute approximate surface area is 151 Å². The van der Waals surface area contributed by atoms with Crippen molar-refractivity contribution in [3.8, 4) is 5.75 Å². The average molecular weight is 362 g/mol. The lowest BCUT2D eigenvalue weighted by atomic mass is 10.2. The number of halogens is 1. The maximum atomic E-state index is 12.3. The summed E-state index contributed by atoms with van der Waals surface area (Å²) in [4.78, 5) is 23.5. The number of benzene rings is 2. The van der Waals surface area contributed by atoms with Crippen molar-refractivity contribution in [3.63, 3.8) is 0 Å². The highest BCUT2D eigenvalue weighted by Crippen LogP contribution is 2.28. The molecule has 2 amide bonds. The lowest BCUT2D eigenvalue weighted by molar-refractivity contribution is -0.116. The summed E-state index contributed by atoms with van der Waals surface area (Å²) >= 11 is 5.83. The normalized spacial score (nSPS) is 11.4. The van der Waals surface area contributed by atoms with Crippen molar-refractivity contribution < 1.29 is 14.3 Å². The minimum Gasteiger partial charge on any atom is -0.495 e. The lowest BCUT2D eigenvalue weighted by Gasteiger charge is -2.18. The van der Waals surface area contributed by atoms with Gasteiger partial charge in [0.25, 0.3) is 0 Å². The highest BCUT2D eigenvalue weighted by atomic mass is 35.5. The Kier molecular flexibility index (Phi) is 6.25. The molecular weight excluding hydrogens is 342 g/mol. The maximum Gasteiger partial charge on any atom is 0.246 e. The third kappa shape index (κ3) is 5.39. The van der Waals surface area contributed by atoms with Crippen molar-refractivity contribution in [2.75, 3.05) is 23.1 Å². The van der Waals surface area contributed by atoms with Gasteiger partial charge >= 0.3 is 0 Å². The fraction of sp³-hybridized carbons (Fsp3) is 0.222. The van der Waals surface area contributed by atoms with Crippen molar-refractivity contribution >= 4 is 40.5 Å². The van der Waals surface area contributed by atoms with E-state index < -0.39 is 6.04 Å². The molecule has 2 rings (SSSR count). The van der Waals surface area contributed by atoms with E-state index in [-0.39, 0.29) is 11.8 Å². The Balaban J connectivity index is 2.09. The first-order valence-electron chi connectivity index (χ1n) is 7.67. The molecule has 1 atom stereocenters. The molecule has 0 saturated carbocycles. The van der Waals surface area contributed by atoms with Crippen LogP contribution in [0, 0.1) is 0 Å². The fourth-order valence-electron chi connectivity index (χ4n) is 2.18. The maximum absolute atomic E-state index is 12.3. The Morgan fingerprint density at radius 1 is 1.04 bits per heavy atom. The van der Waals surface area contributed by atoms with E-state index in [1.807, 2.05) is 0 Å². The molecule has 0 unspecified atom stereocenters. The summed E-state index contributed by atoms with van der Waals surface area (Å²) in [6, 6.07) is 11.5. The van der Waals surface area contributed by atoms with Crippen molar-refractivity contribution in [2.24, 2.45) is 0 Å². The third-order valence-electron chi connectivity index (χ3n) is 3.40. The predicted molar refractivity (Wildman–Crippen MR) is 100 cm³/mol. The van der Waals surface area contributed by atoms with Crippen LogP contribution in [0.5, 0.6) is 5.75 Å². The number of hydrogen-bond donors (Lipinski definition) is 3. The Bertz CT molecular complexity index is 763. The standard InChI is InChI=1S/C18H20ClN3O3/c1-11(18(24)22-14-6-4-13(19)5-7-14)20-16-10-15(21-12(2)23)8-9-17(16)25-3/h4-11,20H,1-3H3,(H,21,23)(H,22,24)/t11-/m0/s1. The first-order chi connectivity index (χ1) is 11.9. The molecule has 0 aliphatic carbocycles. The number of ether oxygens (including phenoxy) is 1. The number of carbonyl (C=O) groups is 2. The zero-order chi connectivity index (χ0) is 18.4. The number of rotatable bonds is 6. The second kappa shape index (κ2) is 8.39. The van der Waals surface area contributed by atoms with E-state index in [1.54, 1.807) is 49.4 Å². The van der Waals surface area contributed by atoms with Gasteiger partial charge in [0.05, 0.1) is 12.8 Å². The number of carbonyl (C=O) groups excluding carboxylic acids is 2. The van der Waals surface area contributed by atoms with Gasteiger partial charge in [-0.25, -0.2) is 0 Å². The van der Waals surface area contributed by atoms with E-state index in [1.165, 1.54) is 14.0 Å². The molecule has 0 saturated heterocycles. The van der Waals surface area contributed by atoms with Crippen LogP contribution in [-0.4, -0.2) is 25.0 Å². The topological polar surface area (TPSA) is 79.5 Å². The van der Waals surface area contributed by atoms with Crippen LogP contribution in [0.15, 0.2) is 42.5 Å². The average Bonchev–Trinajstić information content (AvgIpc) is 2.56. The molecule has 0 aliphatic heterocycles. The second-order valence-corrected chi connectivity index (χ2v) is 5.89. The highest BCUT2D eigenvalue weighted by molar-refractivity contribution is 6.30. The number of nitrogens with one attached hydrogen (secondary N) is 3. The Hall–Kier alpha value is -2.73. The van der Waals surface area contributed by atoms with Crippen molar-refractivity contribution in [1.29, 1.82) is 0 Å². The highest BCUT2D eigenvalue weighted by Gasteiger charge is 2.15. The predicted octanol–water partition coefficient (Wildman–Crippen LogP) is 3.75. The molecule has 0 aromatic heterocycles. The van der Waals surface area contributed by atoms with Crippen molar-refractivity contribution in [1.82, 2.24) is 0 Å². The van der Waals surface area contributed by atoms with Gasteiger partial charge in [0, 0.05) is 23.3 Å². The van der Waals surface area contributed by atoms with Crippen LogP contribution in [-0.2, 0) is 9.59 Å². The molecule has 0 spiro atoms. The molecule has 7 heteroatoms. The van der Waals surface area contributed by atoms with Crippen LogP contribution in [0.3, 0.4) is 0 Å². The zero-order valence-electron chi connectivity index (χ0n) is 14.2. The number of methoxy groups -OCH3 is 1. The van der Waals surface area contributed by atoms with Crippen LogP contribution >= 0.6 is 11.6 Å². The van der Waals surface area contributed by atoms with Crippen molar-refractivity contribution in [2.45, 2.75) is 19.9 Å². The van der Waals surface area contributed by atoms with E-state index in [9.17, 15) is 9.59 Å². The SMILES string of the molecule is COc1ccc(NC(C)=O)cc1N[C@@H](C)C(=O)Nc1ccc(Cl)cc1. The molecule has 3 N–H and O–H groups in total. The Morgan fingerprint density at radius 2 is 1.68 bits per heavy atom. The molecule has 0 fully saturated rings. The van der Waals surface area contributed by atoms with Crippen molar-refractivity contribution in [3.05, 3.63) is 47.5 Å². The number of amides is 2. The summed E-state index contributed by atoms with van der Waals surface area (Å²) in [5.41, 5.74) is 1.87. The van der Waals surface area contributed by atoms with E-state index in [2.05, 4.69) is 16.0 Å². The Morgan fingerprint density at radius 3 is 2.28 bits per heavy atom. The lowest BCUT2D eigenvalue weighted by Crippen LogP contribution is -2.32. The van der Waals surface area contributed by atoms with E-state index in [0.717, 1.165) is 0 Å². The van der Waals surface area contributed by atoms with Crippen LogP contribution in [0.1, 0.15) is 13.8 Å². The van der Waals surface area contributed by atoms with Gasteiger partial charge in [-0.05, 0) is 49.4 Å². The smallest absolute Gasteiger partial charge is 0.246 e. The van der Waals surface area contributed by atoms with Crippen LogP contribution in [0.2, 0.25) is 5.02 Å². The monoisotopic (exact) mass is 361 g/mol. The molecule has 25 heavy (non-hydrogen) atoms. The minimum absolute atomic E-state index is 0.176. The quantitative estimate of drug-likeness (QED) is 0.732. The molecule has 6 nitrogen and oxygen atoms in total. The summed E-state index contributed by atoms with van der Waals surface area (Å²) in [6.07, 6.45) is 0. The number of anilines is 3. The molecule has 0 aliphatic rings. The van der Waals surface area contributed by atoms with Gasteiger partial charge < -0.3 is 20.7 Å². The zero-order valence-corrected chi connectivity index (χ0v) is 15.0. The van der Waals surface area contributed by atoms with Gasteiger partial charge in [-0.15, -0.1) is 0 Å². The van der Waals surface area contributed by atoms with Gasteiger partial charge in [-0.1, -0.05) is 11.6 Å². The molecule has 0 bridgehead atoms. The summed E-state index contributed by atoms with van der Waals surface area (Å²) in [6.45, 7) is 3.16. The summed E-state index contributed by atoms with van der Waals surface area (Å²) < 4.78 is 5.30. The van der Waals surface area contributed by atoms with Gasteiger partial charge in [-0.2, -0.15) is 0 Å². The van der Waals surface area contributed by atoms with Gasteiger partial charge in [-0.3, -0.25) is 9.59 Å². The van der Waals surface area contributed by atoms with E-state index in [0.29, 0.717) is 27.8 Å². The molecule has 0 radical (unpaired) electrons. The van der Waals surface area contributed by atoms with E-state index >= 15 is 0 Å². The fourth-order valence-corrected chi connectivity index (χ4v) is 2.31. The molecule has 2 aromatic rings. The van der Waals surface area contributed by atoms with E-state index in [4.69, 9.17) is 16.3 Å². The summed E-state index contributed by atoms with van der Waals surface area (Å²) in [5, 5.41) is 9.19. The number of hydrogen-bond acceptors (Lipinski definition) is 4. The van der Waals surface area contributed by atoms with Gasteiger partial charge in [0.2, 0.25) is 11.8 Å². The first-order valence-corrected chi connectivity index (χ1v) is 8.05. The van der Waals surface area contributed by atoms with Gasteiger partial charge in [0.15, 0.2) is 0 Å². The first kappa shape index (κ1) is 18.6. The largest absolute Gasteiger partial charge is 0.495 e. The molecule has 132 valence electrons. The van der Waals surface area contributed by atoms with Crippen LogP contribution in [0.4, 0.5) is 17.1 Å².